The van der Waals surface area contributed by atoms with E-state index in [4.69, 9.17) is 4.74 Å². The van der Waals surface area contributed by atoms with Crippen LogP contribution < -0.4 is 0 Å². The molecule has 0 saturated carbocycles. The molecule has 4 rings (SSSR count). The van der Waals surface area contributed by atoms with Gasteiger partial charge in [0.2, 0.25) is 5.91 Å². The summed E-state index contributed by atoms with van der Waals surface area (Å²) in [7, 11) is 0. The summed E-state index contributed by atoms with van der Waals surface area (Å²) in [5.41, 5.74) is 0. The number of thiophene rings is 1. The number of piperazine rings is 1. The molecule has 0 aromatic carbocycles. The highest BCUT2D eigenvalue weighted by Crippen LogP contribution is 2.23. The Bertz CT molecular complexity index is 709. The van der Waals surface area contributed by atoms with E-state index in [0.29, 0.717) is 45.9 Å². The lowest BCUT2D eigenvalue weighted by atomic mass is 9.96. The zero-order valence-corrected chi connectivity index (χ0v) is 16.9. The molecule has 3 fully saturated rings. The third-order valence-electron chi connectivity index (χ3n) is 5.90. The maximum atomic E-state index is 13.0. The van der Waals surface area contributed by atoms with Crippen LogP contribution in [0.3, 0.4) is 0 Å². The molecule has 0 N–H and O–H groups in total. The van der Waals surface area contributed by atoms with Crippen LogP contribution in [0.5, 0.6) is 0 Å². The highest BCUT2D eigenvalue weighted by atomic mass is 32.1. The van der Waals surface area contributed by atoms with Crippen molar-refractivity contribution in [1.82, 2.24) is 14.7 Å². The number of amides is 3. The molecule has 0 bridgehead atoms. The number of ether oxygens (including phenoxy) is 1. The summed E-state index contributed by atoms with van der Waals surface area (Å²) in [6.07, 6.45) is 3.12. The van der Waals surface area contributed by atoms with Crippen LogP contribution in [-0.4, -0.2) is 84.4 Å². The van der Waals surface area contributed by atoms with Crippen molar-refractivity contribution in [3.05, 3.63) is 22.4 Å². The average molecular weight is 406 g/mol. The normalized spacial score (nSPS) is 25.8. The van der Waals surface area contributed by atoms with Gasteiger partial charge in [-0.25, -0.2) is 0 Å². The number of rotatable bonds is 3. The van der Waals surface area contributed by atoms with Gasteiger partial charge >= 0.3 is 0 Å². The van der Waals surface area contributed by atoms with Gasteiger partial charge in [-0.05, 0) is 37.1 Å². The molecule has 1 aromatic heterocycles. The third-order valence-corrected chi connectivity index (χ3v) is 6.76. The van der Waals surface area contributed by atoms with Gasteiger partial charge in [0.25, 0.3) is 11.8 Å². The van der Waals surface area contributed by atoms with Gasteiger partial charge in [-0.3, -0.25) is 14.4 Å². The molecule has 8 heteroatoms. The summed E-state index contributed by atoms with van der Waals surface area (Å²) in [6.45, 7) is 4.12. The molecule has 3 aliphatic rings. The zero-order valence-electron chi connectivity index (χ0n) is 16.0. The Labute approximate surface area is 169 Å². The molecular formula is C20H27N3O4S. The predicted octanol–water partition coefficient (Wildman–Crippen LogP) is 1.45. The lowest BCUT2D eigenvalue weighted by Crippen LogP contribution is -2.55. The van der Waals surface area contributed by atoms with Crippen molar-refractivity contribution in [2.24, 2.45) is 5.92 Å². The van der Waals surface area contributed by atoms with Crippen LogP contribution in [0.25, 0.3) is 0 Å². The number of carbonyl (C=O) groups excluding carboxylic acids is 3. The van der Waals surface area contributed by atoms with Crippen molar-refractivity contribution in [2.45, 2.75) is 31.8 Å². The van der Waals surface area contributed by atoms with Gasteiger partial charge in [0.1, 0.15) is 6.10 Å². The number of likely N-dealkylation sites (tertiary alicyclic amines) is 1. The second kappa shape index (κ2) is 8.61. The number of hydrogen-bond acceptors (Lipinski definition) is 5. The topological polar surface area (TPSA) is 70.2 Å². The fourth-order valence-corrected chi connectivity index (χ4v) is 4.99. The maximum absolute atomic E-state index is 13.0. The average Bonchev–Trinajstić information content (AvgIpc) is 3.47. The summed E-state index contributed by atoms with van der Waals surface area (Å²) >= 11 is 1.44. The molecule has 2 atom stereocenters. The molecule has 0 radical (unpaired) electrons. The summed E-state index contributed by atoms with van der Waals surface area (Å²) < 4.78 is 5.49. The summed E-state index contributed by atoms with van der Waals surface area (Å²) in [5, 5.41) is 1.90. The van der Waals surface area contributed by atoms with Crippen molar-refractivity contribution in [3.8, 4) is 0 Å². The lowest BCUT2D eigenvalue weighted by Gasteiger charge is -2.39. The Morgan fingerprint density at radius 2 is 1.68 bits per heavy atom. The van der Waals surface area contributed by atoms with Gasteiger partial charge < -0.3 is 19.4 Å². The molecule has 152 valence electrons. The van der Waals surface area contributed by atoms with E-state index in [1.54, 1.807) is 0 Å². The molecule has 1 aromatic rings. The van der Waals surface area contributed by atoms with Gasteiger partial charge in [-0.2, -0.15) is 0 Å². The maximum Gasteiger partial charge on any atom is 0.263 e. The summed E-state index contributed by atoms with van der Waals surface area (Å²) in [6, 6.07) is 3.71. The van der Waals surface area contributed by atoms with Crippen LogP contribution in [0.4, 0.5) is 0 Å². The van der Waals surface area contributed by atoms with E-state index < -0.39 is 0 Å². The van der Waals surface area contributed by atoms with E-state index in [0.717, 1.165) is 30.6 Å². The van der Waals surface area contributed by atoms with Crippen LogP contribution in [0.1, 0.15) is 35.4 Å². The molecule has 0 spiro atoms. The van der Waals surface area contributed by atoms with Crippen LogP contribution in [-0.2, 0) is 14.3 Å². The standard InChI is InChI=1S/C20H27N3O4S/c24-18(15-4-1-7-23(14-15)20(26)17-6-3-13-28-17)21-8-10-22(11-9-21)19(25)16-5-2-12-27-16/h3,6,13,15-16H,1-2,4-5,7-12,14H2. The molecular weight excluding hydrogens is 378 g/mol. The van der Waals surface area contributed by atoms with Crippen molar-refractivity contribution in [3.63, 3.8) is 0 Å². The molecule has 28 heavy (non-hydrogen) atoms. The number of carbonyl (C=O) groups is 3. The molecule has 3 amide bonds. The first kappa shape index (κ1) is 19.4. The van der Waals surface area contributed by atoms with E-state index >= 15 is 0 Å². The molecule has 0 aliphatic carbocycles. The van der Waals surface area contributed by atoms with E-state index in [1.165, 1.54) is 11.3 Å². The van der Waals surface area contributed by atoms with E-state index in [2.05, 4.69) is 0 Å². The van der Waals surface area contributed by atoms with Crippen LogP contribution in [0, 0.1) is 5.92 Å². The Morgan fingerprint density at radius 3 is 2.32 bits per heavy atom. The Balaban J connectivity index is 1.30. The minimum atomic E-state index is -0.294. The second-order valence-electron chi connectivity index (χ2n) is 7.72. The number of hydrogen-bond donors (Lipinski definition) is 0. The minimum absolute atomic E-state index is 0.0273. The van der Waals surface area contributed by atoms with Crippen LogP contribution in [0.15, 0.2) is 17.5 Å². The molecule has 3 saturated heterocycles. The number of nitrogens with zero attached hydrogens (tertiary/aromatic N) is 3. The Hall–Kier alpha value is -1.93. The van der Waals surface area contributed by atoms with E-state index in [1.807, 2.05) is 32.2 Å². The van der Waals surface area contributed by atoms with E-state index in [9.17, 15) is 14.4 Å². The molecule has 4 heterocycles. The Morgan fingerprint density at radius 1 is 0.929 bits per heavy atom. The van der Waals surface area contributed by atoms with Crippen molar-refractivity contribution >= 4 is 29.1 Å². The van der Waals surface area contributed by atoms with Crippen molar-refractivity contribution in [2.75, 3.05) is 45.9 Å². The zero-order chi connectivity index (χ0) is 19.5. The molecule has 7 nitrogen and oxygen atoms in total. The quantitative estimate of drug-likeness (QED) is 0.763. The Kier molecular flexibility index (Phi) is 5.96. The largest absolute Gasteiger partial charge is 0.368 e. The predicted molar refractivity (Wildman–Crippen MR) is 105 cm³/mol. The van der Waals surface area contributed by atoms with Gasteiger partial charge in [0, 0.05) is 45.9 Å². The fourth-order valence-electron chi connectivity index (χ4n) is 4.30. The second-order valence-corrected chi connectivity index (χ2v) is 8.67. The van der Waals surface area contributed by atoms with Gasteiger partial charge in [0.05, 0.1) is 10.8 Å². The first-order valence-corrected chi connectivity index (χ1v) is 11.0. The summed E-state index contributed by atoms with van der Waals surface area (Å²) in [5.74, 6) is 0.0699. The van der Waals surface area contributed by atoms with Crippen molar-refractivity contribution < 1.29 is 19.1 Å². The molecule has 3 aliphatic heterocycles. The monoisotopic (exact) mass is 405 g/mol. The highest BCUT2D eigenvalue weighted by molar-refractivity contribution is 7.12. The highest BCUT2D eigenvalue weighted by Gasteiger charge is 2.35. The summed E-state index contributed by atoms with van der Waals surface area (Å²) in [4.78, 5) is 44.3. The number of piperidine rings is 1. The van der Waals surface area contributed by atoms with E-state index in [-0.39, 0.29) is 29.7 Å². The van der Waals surface area contributed by atoms with Crippen molar-refractivity contribution in [1.29, 1.82) is 0 Å². The van der Waals surface area contributed by atoms with Gasteiger partial charge in [0.15, 0.2) is 0 Å². The minimum Gasteiger partial charge on any atom is -0.368 e. The SMILES string of the molecule is O=C(c1cccs1)N1CCCC(C(=O)N2CCN(C(=O)C3CCCO3)CC2)C1. The molecule has 2 unspecified atom stereocenters. The van der Waals surface area contributed by atoms with Gasteiger partial charge in [-0.15, -0.1) is 11.3 Å². The fraction of sp³-hybridized carbons (Fsp3) is 0.650. The van der Waals surface area contributed by atoms with Crippen LogP contribution >= 0.6 is 11.3 Å². The van der Waals surface area contributed by atoms with Gasteiger partial charge in [-0.1, -0.05) is 6.07 Å². The van der Waals surface area contributed by atoms with Crippen LogP contribution in [0.2, 0.25) is 0 Å². The smallest absolute Gasteiger partial charge is 0.263 e. The lowest BCUT2D eigenvalue weighted by molar-refractivity contribution is -0.147. The first-order chi connectivity index (χ1) is 13.6. The first-order valence-electron chi connectivity index (χ1n) is 10.2. The third kappa shape index (κ3) is 4.07.